The van der Waals surface area contributed by atoms with Gasteiger partial charge in [-0.3, -0.25) is 9.59 Å². The van der Waals surface area contributed by atoms with Gasteiger partial charge < -0.3 is 14.2 Å². The van der Waals surface area contributed by atoms with E-state index in [0.717, 1.165) is 17.5 Å². The zero-order chi connectivity index (χ0) is 21.4. The van der Waals surface area contributed by atoms with E-state index in [0.29, 0.717) is 37.0 Å². The van der Waals surface area contributed by atoms with Crippen LogP contribution in [0.2, 0.25) is 0 Å². The fraction of sp³-hybridized carbons (Fsp3) is 0.348. The molecule has 2 aliphatic rings. The molecule has 2 fully saturated rings. The molecule has 8 heteroatoms. The van der Waals surface area contributed by atoms with E-state index in [9.17, 15) is 14.0 Å². The maximum absolute atomic E-state index is 13.1. The molecule has 5 rings (SSSR count). The van der Waals surface area contributed by atoms with Gasteiger partial charge in [0.2, 0.25) is 11.8 Å². The number of aromatic nitrogens is 1. The lowest BCUT2D eigenvalue weighted by molar-refractivity contribution is -0.139. The molecule has 1 aliphatic carbocycles. The Bertz CT molecular complexity index is 1080. The summed E-state index contributed by atoms with van der Waals surface area (Å²) in [5.41, 5.74) is 2.51. The highest BCUT2D eigenvalue weighted by molar-refractivity contribution is 7.99. The second-order valence-corrected chi connectivity index (χ2v) is 8.87. The van der Waals surface area contributed by atoms with Crippen molar-refractivity contribution < 1.29 is 18.4 Å². The Morgan fingerprint density at radius 1 is 1.03 bits per heavy atom. The van der Waals surface area contributed by atoms with Gasteiger partial charge in [-0.15, -0.1) is 0 Å². The number of nitrogens with zero attached hydrogens (tertiary/aromatic N) is 3. The van der Waals surface area contributed by atoms with Crippen LogP contribution in [0.1, 0.15) is 17.9 Å². The lowest BCUT2D eigenvalue weighted by Gasteiger charge is -2.35. The highest BCUT2D eigenvalue weighted by Crippen LogP contribution is 2.48. The standard InChI is InChI=1S/C23H22FN3O3S/c24-16-7-5-15(6-8-16)17-13-18(17)22(29)27-11-9-26(10-12-27)21(28)14-31-23-25-19-3-1-2-4-20(19)30-23/h1-8,17-18H,9-14H2. The molecular formula is C23H22FN3O3S. The number of amides is 2. The molecule has 6 nitrogen and oxygen atoms in total. The summed E-state index contributed by atoms with van der Waals surface area (Å²) in [7, 11) is 0. The first-order chi connectivity index (χ1) is 15.1. The van der Waals surface area contributed by atoms with Gasteiger partial charge >= 0.3 is 0 Å². The van der Waals surface area contributed by atoms with Crippen LogP contribution in [-0.2, 0) is 9.59 Å². The minimum Gasteiger partial charge on any atom is -0.431 e. The molecule has 0 spiro atoms. The number of fused-ring (bicyclic) bond motifs is 1. The van der Waals surface area contributed by atoms with Crippen molar-refractivity contribution in [3.8, 4) is 0 Å². The van der Waals surface area contributed by atoms with Crippen molar-refractivity contribution in [2.24, 2.45) is 5.92 Å². The summed E-state index contributed by atoms with van der Waals surface area (Å²) in [5.74, 6) is 0.318. The Morgan fingerprint density at radius 2 is 1.74 bits per heavy atom. The van der Waals surface area contributed by atoms with Crippen LogP contribution in [0.25, 0.3) is 11.1 Å². The SMILES string of the molecule is O=C(CSc1nc2ccccc2o1)N1CCN(C(=O)C2CC2c2ccc(F)cc2)CC1. The number of thioether (sulfide) groups is 1. The minimum absolute atomic E-state index is 0.0231. The number of hydrogen-bond acceptors (Lipinski definition) is 5. The summed E-state index contributed by atoms with van der Waals surface area (Å²) >= 11 is 1.29. The summed E-state index contributed by atoms with van der Waals surface area (Å²) in [6.45, 7) is 2.16. The van der Waals surface area contributed by atoms with Crippen LogP contribution >= 0.6 is 11.8 Å². The third-order valence-corrected chi connectivity index (χ3v) is 6.76. The molecule has 2 amide bonds. The maximum Gasteiger partial charge on any atom is 0.257 e. The molecule has 0 radical (unpaired) electrons. The fourth-order valence-electron chi connectivity index (χ4n) is 4.08. The number of para-hydroxylation sites is 2. The average molecular weight is 440 g/mol. The van der Waals surface area contributed by atoms with Crippen molar-refractivity contribution in [2.75, 3.05) is 31.9 Å². The predicted molar refractivity (Wildman–Crippen MR) is 115 cm³/mol. The van der Waals surface area contributed by atoms with E-state index in [4.69, 9.17) is 4.42 Å². The molecular weight excluding hydrogens is 417 g/mol. The predicted octanol–water partition coefficient (Wildman–Crippen LogP) is 3.53. The molecule has 3 aromatic rings. The zero-order valence-corrected chi connectivity index (χ0v) is 17.7. The van der Waals surface area contributed by atoms with Gasteiger partial charge in [-0.2, -0.15) is 0 Å². The van der Waals surface area contributed by atoms with Gasteiger partial charge in [0.15, 0.2) is 5.58 Å². The van der Waals surface area contributed by atoms with Crippen molar-refractivity contribution >= 4 is 34.7 Å². The summed E-state index contributed by atoms with van der Waals surface area (Å²) in [6.07, 6.45) is 0.810. The van der Waals surface area contributed by atoms with Gasteiger partial charge in [-0.1, -0.05) is 36.0 Å². The van der Waals surface area contributed by atoms with Crippen molar-refractivity contribution in [2.45, 2.75) is 17.6 Å². The highest BCUT2D eigenvalue weighted by Gasteiger charge is 2.46. The van der Waals surface area contributed by atoms with Gasteiger partial charge in [0, 0.05) is 32.1 Å². The first kappa shape index (κ1) is 20.1. The Morgan fingerprint density at radius 3 is 2.48 bits per heavy atom. The third kappa shape index (κ3) is 4.30. The minimum atomic E-state index is -0.262. The van der Waals surface area contributed by atoms with E-state index in [2.05, 4.69) is 4.98 Å². The lowest BCUT2D eigenvalue weighted by atomic mass is 10.1. The van der Waals surface area contributed by atoms with Crippen molar-refractivity contribution in [1.29, 1.82) is 0 Å². The molecule has 1 saturated heterocycles. The topological polar surface area (TPSA) is 66.7 Å². The molecule has 1 aromatic heterocycles. The van der Waals surface area contributed by atoms with Crippen molar-refractivity contribution in [3.05, 3.63) is 59.9 Å². The number of piperazine rings is 1. The number of carbonyl (C=O) groups is 2. The molecule has 2 aromatic carbocycles. The molecule has 0 N–H and O–H groups in total. The van der Waals surface area contributed by atoms with E-state index in [1.54, 1.807) is 17.0 Å². The van der Waals surface area contributed by atoms with Gasteiger partial charge in [-0.05, 0) is 42.2 Å². The van der Waals surface area contributed by atoms with E-state index >= 15 is 0 Å². The van der Waals surface area contributed by atoms with Crippen LogP contribution in [0.3, 0.4) is 0 Å². The molecule has 2 unspecified atom stereocenters. The number of oxazole rings is 1. The third-order valence-electron chi connectivity index (χ3n) is 5.94. The number of carbonyl (C=O) groups excluding carboxylic acids is 2. The average Bonchev–Trinajstić information content (AvgIpc) is 3.49. The van der Waals surface area contributed by atoms with Crippen LogP contribution in [-0.4, -0.2) is 58.5 Å². The van der Waals surface area contributed by atoms with Gasteiger partial charge in [0.25, 0.3) is 5.22 Å². The van der Waals surface area contributed by atoms with E-state index in [-0.39, 0.29) is 35.2 Å². The zero-order valence-electron chi connectivity index (χ0n) is 16.9. The van der Waals surface area contributed by atoms with Crippen LogP contribution < -0.4 is 0 Å². The van der Waals surface area contributed by atoms with Crippen molar-refractivity contribution in [1.82, 2.24) is 14.8 Å². The monoisotopic (exact) mass is 439 g/mol. The second-order valence-electron chi connectivity index (χ2n) is 7.94. The molecule has 1 aliphatic heterocycles. The van der Waals surface area contributed by atoms with Crippen molar-refractivity contribution in [3.63, 3.8) is 0 Å². The number of benzene rings is 2. The van der Waals surface area contributed by atoms with Gasteiger partial charge in [0.1, 0.15) is 11.3 Å². The van der Waals surface area contributed by atoms with Crippen LogP contribution in [0.5, 0.6) is 0 Å². The largest absolute Gasteiger partial charge is 0.431 e. The quantitative estimate of drug-likeness (QED) is 0.569. The summed E-state index contributed by atoms with van der Waals surface area (Å²) in [5, 5.41) is 0.490. The normalized spacial score (nSPS) is 20.8. The smallest absolute Gasteiger partial charge is 0.257 e. The Balaban J connectivity index is 1.09. The maximum atomic E-state index is 13.1. The summed E-state index contributed by atoms with van der Waals surface area (Å²) in [4.78, 5) is 33.4. The second kappa shape index (κ2) is 8.34. The number of hydrogen-bond donors (Lipinski definition) is 0. The molecule has 31 heavy (non-hydrogen) atoms. The van der Waals surface area contributed by atoms with Gasteiger partial charge in [0.05, 0.1) is 5.75 Å². The lowest BCUT2D eigenvalue weighted by Crippen LogP contribution is -2.51. The molecule has 2 heterocycles. The summed E-state index contributed by atoms with van der Waals surface area (Å²) in [6, 6.07) is 13.9. The number of rotatable bonds is 5. The first-order valence-corrected chi connectivity index (χ1v) is 11.4. The van der Waals surface area contributed by atoms with Gasteiger partial charge in [-0.25, -0.2) is 9.37 Å². The molecule has 1 saturated carbocycles. The van der Waals surface area contributed by atoms with E-state index in [1.807, 2.05) is 29.2 Å². The Kier molecular flexibility index (Phi) is 5.40. The number of halogens is 1. The Hall–Kier alpha value is -2.87. The van der Waals surface area contributed by atoms with Crippen LogP contribution in [0, 0.1) is 11.7 Å². The van der Waals surface area contributed by atoms with Crippen LogP contribution in [0.4, 0.5) is 4.39 Å². The Labute approximate surface area is 183 Å². The molecule has 0 bridgehead atoms. The van der Waals surface area contributed by atoms with E-state index < -0.39 is 0 Å². The molecule has 2 atom stereocenters. The summed E-state index contributed by atoms with van der Waals surface area (Å²) < 4.78 is 18.7. The fourth-order valence-corrected chi connectivity index (χ4v) is 4.83. The van der Waals surface area contributed by atoms with Crippen LogP contribution in [0.15, 0.2) is 58.2 Å². The molecule has 160 valence electrons. The van der Waals surface area contributed by atoms with E-state index in [1.165, 1.54) is 23.9 Å². The first-order valence-electron chi connectivity index (χ1n) is 10.4. The highest BCUT2D eigenvalue weighted by atomic mass is 32.2.